The average molecular weight is 293 g/mol. The molecule has 0 aliphatic carbocycles. The van der Waals surface area contributed by atoms with Gasteiger partial charge in [-0.3, -0.25) is 4.79 Å². The van der Waals surface area contributed by atoms with Crippen LogP contribution in [0.1, 0.15) is 12.8 Å². The van der Waals surface area contributed by atoms with E-state index >= 15 is 0 Å². The lowest BCUT2D eigenvalue weighted by molar-refractivity contribution is -0.142. The topological polar surface area (TPSA) is 73.9 Å². The third-order valence-electron chi connectivity index (χ3n) is 3.22. The molecule has 1 N–H and O–H groups in total. The van der Waals surface area contributed by atoms with Gasteiger partial charge in [0.25, 0.3) is 0 Å². The molecular weight excluding hydrogens is 274 g/mol. The van der Waals surface area contributed by atoms with Crippen LogP contribution in [0.4, 0.5) is 5.69 Å². The Morgan fingerprint density at radius 1 is 1.43 bits per heavy atom. The zero-order chi connectivity index (χ0) is 15.1. The van der Waals surface area contributed by atoms with Crippen LogP contribution in [0.25, 0.3) is 0 Å². The molecule has 0 spiro atoms. The first-order valence-corrected chi connectivity index (χ1v) is 6.87. The number of anilines is 1. The van der Waals surface area contributed by atoms with Crippen LogP contribution in [-0.4, -0.2) is 38.8 Å². The van der Waals surface area contributed by atoms with E-state index in [9.17, 15) is 9.59 Å². The molecule has 1 aromatic rings. The third-order valence-corrected chi connectivity index (χ3v) is 3.22. The van der Waals surface area contributed by atoms with Crippen molar-refractivity contribution in [2.24, 2.45) is 5.92 Å². The van der Waals surface area contributed by atoms with Gasteiger partial charge in [-0.15, -0.1) is 0 Å². The van der Waals surface area contributed by atoms with Crippen LogP contribution in [0, 0.1) is 5.92 Å². The van der Waals surface area contributed by atoms with Crippen LogP contribution < -0.4 is 10.1 Å². The zero-order valence-corrected chi connectivity index (χ0v) is 12.0. The number of esters is 1. The van der Waals surface area contributed by atoms with E-state index in [1.807, 2.05) is 0 Å². The summed E-state index contributed by atoms with van der Waals surface area (Å²) in [6.07, 6.45) is 1.74. The Bertz CT molecular complexity index is 497. The molecule has 1 atom stereocenters. The van der Waals surface area contributed by atoms with Gasteiger partial charge in [-0.1, -0.05) is 6.07 Å². The fourth-order valence-corrected chi connectivity index (χ4v) is 2.06. The summed E-state index contributed by atoms with van der Waals surface area (Å²) in [5.74, 6) is -0.125. The number of carbonyl (C=O) groups excluding carboxylic acids is 2. The van der Waals surface area contributed by atoms with E-state index in [-0.39, 0.29) is 18.4 Å². The summed E-state index contributed by atoms with van der Waals surface area (Å²) >= 11 is 0. The second-order valence-corrected chi connectivity index (χ2v) is 4.80. The van der Waals surface area contributed by atoms with Crippen molar-refractivity contribution < 1.29 is 23.8 Å². The van der Waals surface area contributed by atoms with Gasteiger partial charge >= 0.3 is 5.97 Å². The van der Waals surface area contributed by atoms with E-state index < -0.39 is 5.97 Å². The molecule has 6 nitrogen and oxygen atoms in total. The van der Waals surface area contributed by atoms with Crippen LogP contribution >= 0.6 is 0 Å². The Morgan fingerprint density at radius 3 is 3.00 bits per heavy atom. The fourth-order valence-electron chi connectivity index (χ4n) is 2.06. The highest BCUT2D eigenvalue weighted by atomic mass is 16.6. The highest BCUT2D eigenvalue weighted by Crippen LogP contribution is 2.20. The van der Waals surface area contributed by atoms with Crippen molar-refractivity contribution in [1.29, 1.82) is 0 Å². The molecule has 21 heavy (non-hydrogen) atoms. The van der Waals surface area contributed by atoms with Crippen molar-refractivity contribution in [2.75, 3.05) is 32.2 Å². The highest BCUT2D eigenvalue weighted by molar-refractivity contribution is 5.92. The number of carbonyl (C=O) groups is 2. The van der Waals surface area contributed by atoms with Crippen LogP contribution in [-0.2, 0) is 19.1 Å². The number of hydrogen-bond donors (Lipinski definition) is 1. The van der Waals surface area contributed by atoms with E-state index in [1.165, 1.54) is 7.11 Å². The van der Waals surface area contributed by atoms with Gasteiger partial charge in [-0.25, -0.2) is 4.79 Å². The predicted molar refractivity (Wildman–Crippen MR) is 76.1 cm³/mol. The van der Waals surface area contributed by atoms with Gasteiger partial charge in [0.2, 0.25) is 5.91 Å². The molecule has 6 heteroatoms. The van der Waals surface area contributed by atoms with Gasteiger partial charge < -0.3 is 19.5 Å². The standard InChI is InChI=1S/C15H19NO5/c1-19-14(17)10-21-13-6-2-5-12(8-13)16-15(18)11-4-3-7-20-9-11/h2,5-6,8,11H,3-4,7,9-10H2,1H3,(H,16,18). The number of benzene rings is 1. The lowest BCUT2D eigenvalue weighted by Crippen LogP contribution is -2.30. The van der Waals surface area contributed by atoms with Gasteiger partial charge in [0.15, 0.2) is 6.61 Å². The number of methoxy groups -OCH3 is 1. The number of nitrogens with one attached hydrogen (secondary N) is 1. The molecule has 1 aliphatic rings. The minimum Gasteiger partial charge on any atom is -0.482 e. The van der Waals surface area contributed by atoms with Gasteiger partial charge in [-0.05, 0) is 25.0 Å². The van der Waals surface area contributed by atoms with E-state index in [1.54, 1.807) is 24.3 Å². The summed E-state index contributed by atoms with van der Waals surface area (Å²) in [4.78, 5) is 23.1. The number of rotatable bonds is 5. The summed E-state index contributed by atoms with van der Waals surface area (Å²) in [5, 5.41) is 2.84. The Morgan fingerprint density at radius 2 is 2.29 bits per heavy atom. The Balaban J connectivity index is 1.90. The second-order valence-electron chi connectivity index (χ2n) is 4.80. The summed E-state index contributed by atoms with van der Waals surface area (Å²) < 4.78 is 15.1. The molecule has 0 saturated carbocycles. The molecule has 0 aromatic heterocycles. The van der Waals surface area contributed by atoms with Crippen molar-refractivity contribution in [1.82, 2.24) is 0 Å². The summed E-state index contributed by atoms with van der Waals surface area (Å²) in [6.45, 7) is 1.02. The molecule has 1 saturated heterocycles. The second kappa shape index (κ2) is 7.64. The first kappa shape index (κ1) is 15.3. The molecule has 1 heterocycles. The SMILES string of the molecule is COC(=O)COc1cccc(NC(=O)C2CCCOC2)c1. The first-order chi connectivity index (χ1) is 10.2. The van der Waals surface area contributed by atoms with Crippen molar-refractivity contribution in [2.45, 2.75) is 12.8 Å². The smallest absolute Gasteiger partial charge is 0.343 e. The quantitative estimate of drug-likeness (QED) is 0.835. The van der Waals surface area contributed by atoms with Gasteiger partial charge in [0.05, 0.1) is 19.6 Å². The maximum absolute atomic E-state index is 12.1. The van der Waals surface area contributed by atoms with Gasteiger partial charge in [0.1, 0.15) is 5.75 Å². The fraction of sp³-hybridized carbons (Fsp3) is 0.467. The Hall–Kier alpha value is -2.08. The third kappa shape index (κ3) is 4.75. The van der Waals surface area contributed by atoms with Gasteiger partial charge in [-0.2, -0.15) is 0 Å². The summed E-state index contributed by atoms with van der Waals surface area (Å²) in [7, 11) is 1.30. The Labute approximate surface area is 123 Å². The number of hydrogen-bond acceptors (Lipinski definition) is 5. The highest BCUT2D eigenvalue weighted by Gasteiger charge is 2.21. The minimum absolute atomic E-state index is 0.0557. The molecule has 1 aromatic carbocycles. The lowest BCUT2D eigenvalue weighted by atomic mass is 10.0. The number of ether oxygens (including phenoxy) is 3. The predicted octanol–water partition coefficient (Wildman–Crippen LogP) is 1.60. The molecule has 2 rings (SSSR count). The van der Waals surface area contributed by atoms with E-state index in [2.05, 4.69) is 10.1 Å². The average Bonchev–Trinajstić information content (AvgIpc) is 2.53. The van der Waals surface area contributed by atoms with Crippen LogP contribution in [0.3, 0.4) is 0 Å². The molecule has 1 unspecified atom stereocenters. The lowest BCUT2D eigenvalue weighted by Gasteiger charge is -2.21. The molecule has 0 radical (unpaired) electrons. The molecule has 1 fully saturated rings. The maximum Gasteiger partial charge on any atom is 0.343 e. The van der Waals surface area contributed by atoms with E-state index in [0.29, 0.717) is 18.0 Å². The van der Waals surface area contributed by atoms with E-state index in [0.717, 1.165) is 19.4 Å². The first-order valence-electron chi connectivity index (χ1n) is 6.87. The normalized spacial score (nSPS) is 17.9. The van der Waals surface area contributed by atoms with Crippen molar-refractivity contribution in [3.63, 3.8) is 0 Å². The van der Waals surface area contributed by atoms with Crippen LogP contribution in [0.15, 0.2) is 24.3 Å². The zero-order valence-electron chi connectivity index (χ0n) is 12.0. The van der Waals surface area contributed by atoms with Crippen LogP contribution in [0.2, 0.25) is 0 Å². The van der Waals surface area contributed by atoms with Crippen molar-refractivity contribution >= 4 is 17.6 Å². The summed E-state index contributed by atoms with van der Waals surface area (Å²) in [5.41, 5.74) is 0.632. The van der Waals surface area contributed by atoms with Crippen molar-refractivity contribution in [3.8, 4) is 5.75 Å². The molecule has 0 bridgehead atoms. The minimum atomic E-state index is -0.455. The van der Waals surface area contributed by atoms with Gasteiger partial charge in [0, 0.05) is 18.4 Å². The molecule has 114 valence electrons. The molecule has 1 amide bonds. The largest absolute Gasteiger partial charge is 0.482 e. The van der Waals surface area contributed by atoms with Crippen LogP contribution in [0.5, 0.6) is 5.75 Å². The molecular formula is C15H19NO5. The summed E-state index contributed by atoms with van der Waals surface area (Å²) in [6, 6.07) is 6.90. The Kier molecular flexibility index (Phi) is 5.57. The number of amides is 1. The van der Waals surface area contributed by atoms with Crippen molar-refractivity contribution in [3.05, 3.63) is 24.3 Å². The van der Waals surface area contributed by atoms with E-state index in [4.69, 9.17) is 9.47 Å². The monoisotopic (exact) mass is 293 g/mol. The maximum atomic E-state index is 12.1. The molecule has 1 aliphatic heterocycles.